The quantitative estimate of drug-likeness (QED) is 0.491. The lowest BCUT2D eigenvalue weighted by Crippen LogP contribution is -2.34. The Labute approximate surface area is 183 Å². The molecule has 170 valence electrons. The first-order valence-corrected chi connectivity index (χ1v) is 11.1. The number of hydrogen-bond acceptors (Lipinski definition) is 6. The lowest BCUT2D eigenvalue weighted by molar-refractivity contribution is 0.0997. The van der Waals surface area contributed by atoms with Crippen LogP contribution in [0.15, 0.2) is 44.4 Å². The summed E-state index contributed by atoms with van der Waals surface area (Å²) in [5.41, 5.74) is 7.46. The molecule has 0 unspecified atom stereocenters. The van der Waals surface area contributed by atoms with E-state index in [4.69, 9.17) is 10.2 Å². The summed E-state index contributed by atoms with van der Waals surface area (Å²) in [4.78, 5) is 23.1. The summed E-state index contributed by atoms with van der Waals surface area (Å²) in [6.45, 7) is 6.77. The minimum Gasteiger partial charge on any atom is -0.391 e. The Bertz CT molecular complexity index is 1350. The van der Waals surface area contributed by atoms with Gasteiger partial charge >= 0.3 is 5.76 Å². The topological polar surface area (TPSA) is 148 Å². The molecular weight excluding hydrogens is 439 g/mol. The second-order valence-electron chi connectivity index (χ2n) is 7.61. The van der Waals surface area contributed by atoms with E-state index in [-0.39, 0.29) is 21.9 Å². The molecule has 2 aromatic carbocycles. The highest BCUT2D eigenvalue weighted by atomic mass is 32.2. The second kappa shape index (κ2) is 8.67. The highest BCUT2D eigenvalue weighted by Crippen LogP contribution is 2.35. The lowest BCUT2D eigenvalue weighted by atomic mass is 9.88. The fourth-order valence-corrected chi connectivity index (χ4v) is 5.03. The largest absolute Gasteiger partial charge is 0.434 e. The standard InChI is InChI=1S/C21H23FN4O5S/c1-10-5-8-16(14(9-10)19(23)27)32(29,30)26-18(20-24-25-21(28)31-20)13(4)17-12(3)11(2)6-7-15(17)22/h5-9,13,18,26H,1-4H3,(H2,23,27)(H,25,28)/t13-,18+/m1/s1. The molecule has 3 rings (SSSR count). The molecule has 9 nitrogen and oxygen atoms in total. The number of benzene rings is 2. The van der Waals surface area contributed by atoms with Crippen LogP contribution in [0.1, 0.15) is 57.4 Å². The molecule has 4 N–H and O–H groups in total. The molecule has 0 saturated heterocycles. The van der Waals surface area contributed by atoms with Gasteiger partial charge in [0, 0.05) is 5.92 Å². The maximum atomic E-state index is 14.8. The van der Waals surface area contributed by atoms with Gasteiger partial charge in [-0.25, -0.2) is 22.7 Å². The van der Waals surface area contributed by atoms with Crippen LogP contribution in [0.4, 0.5) is 4.39 Å². The number of nitrogens with zero attached hydrogens (tertiary/aromatic N) is 1. The average molecular weight is 463 g/mol. The van der Waals surface area contributed by atoms with Crippen LogP contribution < -0.4 is 16.2 Å². The van der Waals surface area contributed by atoms with Crippen molar-refractivity contribution in [1.82, 2.24) is 14.9 Å². The van der Waals surface area contributed by atoms with E-state index < -0.39 is 39.5 Å². The number of aryl methyl sites for hydroxylation is 2. The number of rotatable bonds is 7. The molecule has 3 aromatic rings. The number of carbonyl (C=O) groups excluding carboxylic acids is 1. The minimum atomic E-state index is -4.37. The highest BCUT2D eigenvalue weighted by molar-refractivity contribution is 7.89. The van der Waals surface area contributed by atoms with E-state index in [0.29, 0.717) is 11.1 Å². The number of carbonyl (C=O) groups is 1. The molecule has 0 radical (unpaired) electrons. The molecule has 2 atom stereocenters. The number of aromatic nitrogens is 2. The predicted molar refractivity (Wildman–Crippen MR) is 114 cm³/mol. The van der Waals surface area contributed by atoms with E-state index in [1.807, 2.05) is 0 Å². The van der Waals surface area contributed by atoms with Crippen LogP contribution in [-0.2, 0) is 10.0 Å². The number of nitrogens with one attached hydrogen (secondary N) is 2. The van der Waals surface area contributed by atoms with Crippen LogP contribution in [0.3, 0.4) is 0 Å². The third-order valence-electron chi connectivity index (χ3n) is 5.38. The van der Waals surface area contributed by atoms with Crippen molar-refractivity contribution in [2.45, 2.75) is 44.6 Å². The number of sulfonamides is 1. The van der Waals surface area contributed by atoms with Crippen molar-refractivity contribution >= 4 is 15.9 Å². The zero-order valence-corrected chi connectivity index (χ0v) is 18.7. The first kappa shape index (κ1) is 23.4. The van der Waals surface area contributed by atoms with Gasteiger partial charge in [-0.1, -0.05) is 24.6 Å². The summed E-state index contributed by atoms with van der Waals surface area (Å²) < 4.78 is 48.7. The van der Waals surface area contributed by atoms with Gasteiger partial charge in [0.25, 0.3) is 0 Å². The van der Waals surface area contributed by atoms with Crippen molar-refractivity contribution in [3.8, 4) is 0 Å². The van der Waals surface area contributed by atoms with Gasteiger partial charge in [0.05, 0.1) is 10.5 Å². The number of nitrogens with two attached hydrogens (primary N) is 1. The smallest absolute Gasteiger partial charge is 0.391 e. The van der Waals surface area contributed by atoms with Gasteiger partial charge < -0.3 is 10.2 Å². The van der Waals surface area contributed by atoms with E-state index in [9.17, 15) is 22.4 Å². The van der Waals surface area contributed by atoms with Gasteiger partial charge in [0.2, 0.25) is 21.8 Å². The Morgan fingerprint density at radius 3 is 2.50 bits per heavy atom. The molecule has 0 bridgehead atoms. The Morgan fingerprint density at radius 1 is 1.22 bits per heavy atom. The summed E-state index contributed by atoms with van der Waals surface area (Å²) >= 11 is 0. The normalized spacial score (nSPS) is 13.7. The average Bonchev–Trinajstić information content (AvgIpc) is 3.15. The van der Waals surface area contributed by atoms with Crippen molar-refractivity contribution in [2.75, 3.05) is 0 Å². The van der Waals surface area contributed by atoms with E-state index in [0.717, 1.165) is 5.56 Å². The van der Waals surface area contributed by atoms with E-state index in [2.05, 4.69) is 14.9 Å². The van der Waals surface area contributed by atoms with E-state index in [1.54, 1.807) is 33.8 Å². The molecule has 0 spiro atoms. The molecule has 0 aliphatic carbocycles. The van der Waals surface area contributed by atoms with Crippen LogP contribution in [0.5, 0.6) is 0 Å². The first-order valence-electron chi connectivity index (χ1n) is 9.66. The SMILES string of the molecule is Cc1ccc(S(=O)(=O)N[C@H](c2n[nH]c(=O)o2)[C@H](C)c2c(F)ccc(C)c2C)c(C(N)=O)c1. The fourth-order valence-electron chi connectivity index (χ4n) is 3.57. The van der Waals surface area contributed by atoms with Crippen molar-refractivity contribution in [3.05, 3.63) is 80.4 Å². The molecule has 1 amide bonds. The van der Waals surface area contributed by atoms with Gasteiger partial charge in [-0.2, -0.15) is 4.72 Å². The van der Waals surface area contributed by atoms with Crippen LogP contribution in [0, 0.1) is 26.6 Å². The maximum absolute atomic E-state index is 14.8. The molecule has 32 heavy (non-hydrogen) atoms. The van der Waals surface area contributed by atoms with Gasteiger partial charge in [0.1, 0.15) is 11.9 Å². The number of hydrogen-bond donors (Lipinski definition) is 3. The Balaban J connectivity index is 2.14. The fraction of sp³-hybridized carbons (Fsp3) is 0.286. The summed E-state index contributed by atoms with van der Waals surface area (Å²) in [7, 11) is -4.37. The third kappa shape index (κ3) is 4.48. The van der Waals surface area contributed by atoms with E-state index >= 15 is 0 Å². The van der Waals surface area contributed by atoms with Crippen molar-refractivity contribution < 1.29 is 22.0 Å². The predicted octanol–water partition coefficient (Wildman–Crippen LogP) is 2.35. The maximum Gasteiger partial charge on any atom is 0.434 e. The first-order chi connectivity index (χ1) is 14.9. The van der Waals surface area contributed by atoms with Crippen LogP contribution in [0.2, 0.25) is 0 Å². The lowest BCUT2D eigenvalue weighted by Gasteiger charge is -2.25. The molecule has 0 fully saturated rings. The number of H-pyrrole nitrogens is 1. The molecule has 0 saturated carbocycles. The molecule has 1 aromatic heterocycles. The zero-order chi connectivity index (χ0) is 23.8. The second-order valence-corrected chi connectivity index (χ2v) is 9.29. The number of primary amides is 1. The van der Waals surface area contributed by atoms with Crippen molar-refractivity contribution in [2.24, 2.45) is 5.73 Å². The summed E-state index contributed by atoms with van der Waals surface area (Å²) in [5.74, 6) is -3.48. The summed E-state index contributed by atoms with van der Waals surface area (Å²) in [6.07, 6.45) is 0. The highest BCUT2D eigenvalue weighted by Gasteiger charge is 2.34. The van der Waals surface area contributed by atoms with Gasteiger partial charge in [-0.3, -0.25) is 4.79 Å². The Kier molecular flexibility index (Phi) is 6.33. The van der Waals surface area contributed by atoms with Crippen LogP contribution in [0.25, 0.3) is 0 Å². The van der Waals surface area contributed by atoms with Gasteiger partial charge in [-0.05, 0) is 55.7 Å². The van der Waals surface area contributed by atoms with E-state index in [1.165, 1.54) is 24.3 Å². The van der Waals surface area contributed by atoms with Crippen molar-refractivity contribution in [1.29, 1.82) is 0 Å². The number of halogens is 1. The third-order valence-corrected chi connectivity index (χ3v) is 6.88. The molecule has 1 heterocycles. The molecular formula is C21H23FN4O5S. The van der Waals surface area contributed by atoms with Gasteiger partial charge in [0.15, 0.2) is 0 Å². The molecule has 0 aliphatic rings. The molecule has 11 heteroatoms. The summed E-state index contributed by atoms with van der Waals surface area (Å²) in [6, 6.07) is 5.74. The molecule has 0 aliphatic heterocycles. The number of aromatic amines is 1. The minimum absolute atomic E-state index is 0.203. The van der Waals surface area contributed by atoms with Crippen LogP contribution in [-0.4, -0.2) is 24.5 Å². The van der Waals surface area contributed by atoms with Gasteiger partial charge in [-0.15, -0.1) is 5.10 Å². The Morgan fingerprint density at radius 2 is 1.91 bits per heavy atom. The zero-order valence-electron chi connectivity index (χ0n) is 17.9. The van der Waals surface area contributed by atoms with Crippen LogP contribution >= 0.6 is 0 Å². The summed E-state index contributed by atoms with van der Waals surface area (Å²) in [5, 5.41) is 5.83. The number of amides is 1. The Hall–Kier alpha value is -3.31. The van der Waals surface area contributed by atoms with Crippen molar-refractivity contribution in [3.63, 3.8) is 0 Å². The monoisotopic (exact) mass is 462 g/mol.